The smallest absolute Gasteiger partial charge is 0.255 e. The van der Waals surface area contributed by atoms with Crippen LogP contribution < -0.4 is 10.2 Å². The predicted octanol–water partition coefficient (Wildman–Crippen LogP) is 4.24. The summed E-state index contributed by atoms with van der Waals surface area (Å²) in [6, 6.07) is 14.8. The summed E-state index contributed by atoms with van der Waals surface area (Å²) in [7, 11) is -3.30. The van der Waals surface area contributed by atoms with Gasteiger partial charge >= 0.3 is 0 Å². The van der Waals surface area contributed by atoms with Gasteiger partial charge in [-0.05, 0) is 74.1 Å². The average Bonchev–Trinajstić information content (AvgIpc) is 2.81. The van der Waals surface area contributed by atoms with Crippen molar-refractivity contribution in [1.29, 1.82) is 0 Å². The number of anilines is 2. The summed E-state index contributed by atoms with van der Waals surface area (Å²) in [5.41, 5.74) is 3.16. The summed E-state index contributed by atoms with van der Waals surface area (Å²) in [5, 5.41) is 2.92. The van der Waals surface area contributed by atoms with Crippen molar-refractivity contribution >= 4 is 27.3 Å². The third-order valence-electron chi connectivity index (χ3n) is 6.12. The molecule has 166 valence electrons. The summed E-state index contributed by atoms with van der Waals surface area (Å²) >= 11 is 0. The number of amides is 1. The Bertz CT molecular complexity index is 976. The van der Waals surface area contributed by atoms with Crippen LogP contribution in [0.25, 0.3) is 0 Å². The maximum Gasteiger partial charge on any atom is 0.255 e. The van der Waals surface area contributed by atoms with Crippen LogP contribution in [0.5, 0.6) is 0 Å². The number of nitrogens with one attached hydrogen (secondary N) is 1. The van der Waals surface area contributed by atoms with Crippen molar-refractivity contribution in [2.45, 2.75) is 44.3 Å². The van der Waals surface area contributed by atoms with Crippen molar-refractivity contribution in [2.24, 2.45) is 0 Å². The third kappa shape index (κ3) is 5.66. The summed E-state index contributed by atoms with van der Waals surface area (Å²) in [6.45, 7) is 3.40. The highest BCUT2D eigenvalue weighted by Crippen LogP contribution is 2.22. The third-order valence-corrected chi connectivity index (χ3v) is 7.97. The van der Waals surface area contributed by atoms with E-state index in [2.05, 4.69) is 22.3 Å². The summed E-state index contributed by atoms with van der Waals surface area (Å²) < 4.78 is 26.8. The first-order valence-corrected chi connectivity index (χ1v) is 12.9. The topological polar surface area (TPSA) is 69.7 Å². The van der Waals surface area contributed by atoms with Gasteiger partial charge in [-0.15, -0.1) is 0 Å². The lowest BCUT2D eigenvalue weighted by Crippen LogP contribution is -2.36. The standard InChI is InChI=1S/C24H31N3O3S/c28-24(25-22-11-13-23(14-12-22)26-15-3-1-4-16-26)21-9-7-20(8-10-21)19-31(29,30)27-17-5-2-6-18-27/h7-14H,1-6,15-19H2,(H,25,28). The molecule has 1 N–H and O–H groups in total. The van der Waals surface area contributed by atoms with Crippen LogP contribution in [0.2, 0.25) is 0 Å². The van der Waals surface area contributed by atoms with Crippen molar-refractivity contribution < 1.29 is 13.2 Å². The zero-order valence-corrected chi connectivity index (χ0v) is 18.7. The van der Waals surface area contributed by atoms with Gasteiger partial charge in [0.15, 0.2) is 0 Å². The van der Waals surface area contributed by atoms with Gasteiger partial charge in [0.2, 0.25) is 10.0 Å². The van der Waals surface area contributed by atoms with Crippen molar-refractivity contribution in [2.75, 3.05) is 36.4 Å². The largest absolute Gasteiger partial charge is 0.372 e. The SMILES string of the molecule is O=C(Nc1ccc(N2CCCCC2)cc1)c1ccc(CS(=O)(=O)N2CCCCC2)cc1. The minimum Gasteiger partial charge on any atom is -0.372 e. The van der Waals surface area contributed by atoms with E-state index in [1.807, 2.05) is 12.1 Å². The molecule has 2 heterocycles. The molecule has 0 unspecified atom stereocenters. The molecule has 4 rings (SSSR count). The Kier molecular flexibility index (Phi) is 6.92. The normalized spacial score (nSPS) is 18.0. The van der Waals surface area contributed by atoms with Gasteiger partial charge in [0.05, 0.1) is 5.75 Å². The van der Waals surface area contributed by atoms with Crippen LogP contribution >= 0.6 is 0 Å². The minimum atomic E-state index is -3.30. The molecule has 2 aromatic carbocycles. The molecule has 2 saturated heterocycles. The van der Waals surface area contributed by atoms with E-state index in [1.165, 1.54) is 24.9 Å². The van der Waals surface area contributed by atoms with Crippen LogP contribution in [-0.4, -0.2) is 44.8 Å². The number of piperidine rings is 2. The number of nitrogens with zero attached hydrogens (tertiary/aromatic N) is 2. The fourth-order valence-electron chi connectivity index (χ4n) is 4.31. The number of hydrogen-bond donors (Lipinski definition) is 1. The second kappa shape index (κ2) is 9.83. The Labute approximate surface area is 185 Å². The number of hydrogen-bond acceptors (Lipinski definition) is 4. The van der Waals surface area contributed by atoms with E-state index < -0.39 is 10.0 Å². The molecule has 0 bridgehead atoms. The van der Waals surface area contributed by atoms with E-state index in [0.29, 0.717) is 24.2 Å². The lowest BCUT2D eigenvalue weighted by molar-refractivity contribution is 0.102. The van der Waals surface area contributed by atoms with E-state index in [1.54, 1.807) is 28.6 Å². The molecule has 1 amide bonds. The molecule has 2 aliphatic rings. The lowest BCUT2D eigenvalue weighted by Gasteiger charge is -2.28. The van der Waals surface area contributed by atoms with E-state index in [4.69, 9.17) is 0 Å². The fourth-order valence-corrected chi connectivity index (χ4v) is 5.92. The van der Waals surface area contributed by atoms with Crippen molar-refractivity contribution in [1.82, 2.24) is 4.31 Å². The maximum absolute atomic E-state index is 12.6. The van der Waals surface area contributed by atoms with Crippen LogP contribution in [0.4, 0.5) is 11.4 Å². The van der Waals surface area contributed by atoms with E-state index >= 15 is 0 Å². The minimum absolute atomic E-state index is 0.0210. The highest BCUT2D eigenvalue weighted by atomic mass is 32.2. The average molecular weight is 442 g/mol. The molecule has 2 fully saturated rings. The Hall–Kier alpha value is -2.38. The van der Waals surface area contributed by atoms with Gasteiger partial charge in [-0.2, -0.15) is 0 Å². The van der Waals surface area contributed by atoms with Gasteiger partial charge in [-0.3, -0.25) is 4.79 Å². The van der Waals surface area contributed by atoms with Crippen LogP contribution in [-0.2, 0) is 15.8 Å². The van der Waals surface area contributed by atoms with Crippen LogP contribution in [0, 0.1) is 0 Å². The molecule has 6 nitrogen and oxygen atoms in total. The fraction of sp³-hybridized carbons (Fsp3) is 0.458. The molecule has 31 heavy (non-hydrogen) atoms. The van der Waals surface area contributed by atoms with E-state index in [0.717, 1.165) is 38.0 Å². The number of rotatable bonds is 6. The van der Waals surface area contributed by atoms with Crippen LogP contribution in [0.1, 0.15) is 54.4 Å². The molecule has 0 saturated carbocycles. The van der Waals surface area contributed by atoms with Crippen molar-refractivity contribution in [3.05, 3.63) is 59.7 Å². The van der Waals surface area contributed by atoms with Gasteiger partial charge in [-0.25, -0.2) is 12.7 Å². The van der Waals surface area contributed by atoms with Gasteiger partial charge < -0.3 is 10.2 Å². The molecular weight excluding hydrogens is 410 g/mol. The molecule has 0 spiro atoms. The number of sulfonamides is 1. The van der Waals surface area contributed by atoms with E-state index in [9.17, 15) is 13.2 Å². The van der Waals surface area contributed by atoms with E-state index in [-0.39, 0.29) is 11.7 Å². The number of carbonyl (C=O) groups is 1. The predicted molar refractivity (Wildman–Crippen MR) is 125 cm³/mol. The first-order valence-electron chi connectivity index (χ1n) is 11.2. The Morgan fingerprint density at radius 1 is 0.774 bits per heavy atom. The molecule has 0 aliphatic carbocycles. The molecule has 0 radical (unpaired) electrons. The Morgan fingerprint density at radius 2 is 1.35 bits per heavy atom. The number of benzene rings is 2. The highest BCUT2D eigenvalue weighted by Gasteiger charge is 2.24. The zero-order chi connectivity index (χ0) is 21.7. The highest BCUT2D eigenvalue weighted by molar-refractivity contribution is 7.88. The number of carbonyl (C=O) groups excluding carboxylic acids is 1. The summed E-state index contributed by atoms with van der Waals surface area (Å²) in [5.74, 6) is -0.219. The first-order chi connectivity index (χ1) is 15.0. The van der Waals surface area contributed by atoms with Crippen molar-refractivity contribution in [3.8, 4) is 0 Å². The second-order valence-corrected chi connectivity index (χ2v) is 10.4. The summed E-state index contributed by atoms with van der Waals surface area (Å²) in [6.07, 6.45) is 6.71. The quantitative estimate of drug-likeness (QED) is 0.728. The molecular formula is C24H31N3O3S. The molecule has 0 atom stereocenters. The lowest BCUT2D eigenvalue weighted by atomic mass is 10.1. The van der Waals surface area contributed by atoms with Gasteiger partial charge in [-0.1, -0.05) is 18.6 Å². The van der Waals surface area contributed by atoms with Gasteiger partial charge in [0, 0.05) is 43.1 Å². The first kappa shape index (κ1) is 21.8. The van der Waals surface area contributed by atoms with Crippen molar-refractivity contribution in [3.63, 3.8) is 0 Å². The van der Waals surface area contributed by atoms with Gasteiger partial charge in [0.25, 0.3) is 5.91 Å². The Morgan fingerprint density at radius 3 is 1.97 bits per heavy atom. The molecule has 2 aliphatic heterocycles. The van der Waals surface area contributed by atoms with Crippen LogP contribution in [0.15, 0.2) is 48.5 Å². The monoisotopic (exact) mass is 441 g/mol. The molecule has 0 aromatic heterocycles. The van der Waals surface area contributed by atoms with Crippen LogP contribution in [0.3, 0.4) is 0 Å². The zero-order valence-electron chi connectivity index (χ0n) is 17.9. The van der Waals surface area contributed by atoms with Gasteiger partial charge in [0.1, 0.15) is 0 Å². The maximum atomic E-state index is 12.6. The Balaban J connectivity index is 1.34. The molecule has 2 aromatic rings. The second-order valence-electron chi connectivity index (χ2n) is 8.46. The molecule has 7 heteroatoms. The summed E-state index contributed by atoms with van der Waals surface area (Å²) in [4.78, 5) is 15.0.